The van der Waals surface area contributed by atoms with Gasteiger partial charge in [-0.2, -0.15) is 0 Å². The largest absolute Gasteiger partial charge is 0.287 e. The maximum Gasteiger partial charge on any atom is 0.249 e. The van der Waals surface area contributed by atoms with Gasteiger partial charge in [-0.05, 0) is 34.6 Å². The van der Waals surface area contributed by atoms with Gasteiger partial charge in [0.25, 0.3) is 0 Å². The zero-order valence-corrected chi connectivity index (χ0v) is 10.4. The Kier molecular flexibility index (Phi) is 4.32. The molecule has 0 aliphatic rings. The summed E-state index contributed by atoms with van der Waals surface area (Å²) in [6.07, 6.45) is 1.88. The van der Waals surface area contributed by atoms with Gasteiger partial charge >= 0.3 is 0 Å². The number of amides is 1. The number of aryl methyl sites for hydroxylation is 2. The Morgan fingerprint density at radius 3 is 2.11 bits per heavy atom. The average molecular weight is 251 g/mol. The predicted molar refractivity (Wildman–Crippen MR) is 73.8 cm³/mol. The monoisotopic (exact) mass is 251 g/mol. The number of carbonyl (C=O) groups is 1. The second kappa shape index (κ2) is 6.38. The normalized spacial score (nSPS) is 9.68. The molecule has 0 fully saturated rings. The summed E-state index contributed by atoms with van der Waals surface area (Å²) in [5.74, 6) is -0.544. The van der Waals surface area contributed by atoms with Gasteiger partial charge in [-0.3, -0.25) is 4.79 Å². The minimum Gasteiger partial charge on any atom is -0.287 e. The van der Waals surface area contributed by atoms with Gasteiger partial charge < -0.3 is 0 Å². The predicted octanol–water partition coefficient (Wildman–Crippen LogP) is 3.92. The highest BCUT2D eigenvalue weighted by molar-refractivity contribution is 5.94. The van der Waals surface area contributed by atoms with Crippen molar-refractivity contribution in [2.75, 3.05) is 0 Å². The van der Waals surface area contributed by atoms with E-state index in [2.05, 4.69) is 22.2 Å². The number of benzene rings is 2. The molecular weight excluding hydrogens is 238 g/mol. The Labute approximate surface area is 111 Å². The summed E-state index contributed by atoms with van der Waals surface area (Å²) >= 11 is 0. The van der Waals surface area contributed by atoms with Crippen molar-refractivity contribution < 1.29 is 4.79 Å². The second-order valence-electron chi connectivity index (χ2n) is 4.18. The molecule has 0 saturated carbocycles. The van der Waals surface area contributed by atoms with Crippen LogP contribution in [-0.4, -0.2) is 5.91 Å². The van der Waals surface area contributed by atoms with Crippen molar-refractivity contribution in [3.05, 3.63) is 81.7 Å². The molecule has 1 amide bonds. The highest BCUT2D eigenvalue weighted by atomic mass is 16.1. The van der Waals surface area contributed by atoms with Crippen LogP contribution in [0, 0.1) is 0 Å². The molecule has 0 spiro atoms. The van der Waals surface area contributed by atoms with E-state index in [1.807, 2.05) is 30.3 Å². The van der Waals surface area contributed by atoms with Crippen molar-refractivity contribution in [2.24, 2.45) is 5.11 Å². The molecule has 2 aromatic rings. The third-order valence-corrected chi connectivity index (χ3v) is 2.88. The lowest BCUT2D eigenvalue weighted by Gasteiger charge is -2.03. The first-order chi connectivity index (χ1) is 9.29. The average Bonchev–Trinajstić information content (AvgIpc) is 2.47. The van der Waals surface area contributed by atoms with Crippen LogP contribution in [0.25, 0.3) is 10.4 Å². The van der Waals surface area contributed by atoms with Crippen LogP contribution in [0.4, 0.5) is 0 Å². The first-order valence-electron chi connectivity index (χ1n) is 6.02. The zero-order chi connectivity index (χ0) is 13.5. The van der Waals surface area contributed by atoms with Crippen LogP contribution < -0.4 is 0 Å². The molecule has 4 heteroatoms. The summed E-state index contributed by atoms with van der Waals surface area (Å²) in [7, 11) is 0. The molecule has 94 valence electrons. The Bertz CT molecular complexity index is 599. The van der Waals surface area contributed by atoms with Crippen molar-refractivity contribution >= 4 is 5.91 Å². The minimum absolute atomic E-state index is 0.418. The van der Waals surface area contributed by atoms with E-state index in [0.717, 1.165) is 18.4 Å². The Hall–Kier alpha value is -2.58. The van der Waals surface area contributed by atoms with Crippen LogP contribution in [0.15, 0.2) is 59.7 Å². The van der Waals surface area contributed by atoms with Crippen LogP contribution in [0.5, 0.6) is 0 Å². The van der Waals surface area contributed by atoms with Gasteiger partial charge in [0, 0.05) is 10.5 Å². The lowest BCUT2D eigenvalue weighted by molar-refractivity contribution is 0.100. The van der Waals surface area contributed by atoms with Gasteiger partial charge in [0.15, 0.2) is 0 Å². The molecule has 2 rings (SSSR count). The summed E-state index contributed by atoms with van der Waals surface area (Å²) in [5.41, 5.74) is 11.1. The van der Waals surface area contributed by atoms with E-state index in [-0.39, 0.29) is 0 Å². The third kappa shape index (κ3) is 3.69. The van der Waals surface area contributed by atoms with Crippen molar-refractivity contribution in [3.8, 4) is 0 Å². The van der Waals surface area contributed by atoms with Gasteiger partial charge in [0.1, 0.15) is 0 Å². The van der Waals surface area contributed by atoms with Gasteiger partial charge in [-0.25, -0.2) is 0 Å². The fourth-order valence-corrected chi connectivity index (χ4v) is 1.85. The summed E-state index contributed by atoms with van der Waals surface area (Å²) in [6.45, 7) is 0. The maximum atomic E-state index is 11.3. The molecule has 0 bridgehead atoms. The number of hydrogen-bond acceptors (Lipinski definition) is 1. The van der Waals surface area contributed by atoms with Crippen molar-refractivity contribution in [1.82, 2.24) is 0 Å². The van der Waals surface area contributed by atoms with Gasteiger partial charge in [-0.1, -0.05) is 54.6 Å². The fourth-order valence-electron chi connectivity index (χ4n) is 1.85. The zero-order valence-electron chi connectivity index (χ0n) is 10.4. The van der Waals surface area contributed by atoms with Crippen molar-refractivity contribution in [3.63, 3.8) is 0 Å². The fraction of sp³-hybridized carbons (Fsp3) is 0.133. The summed E-state index contributed by atoms with van der Waals surface area (Å²) in [4.78, 5) is 13.8. The summed E-state index contributed by atoms with van der Waals surface area (Å²) in [6, 6.07) is 17.4. The second-order valence-corrected chi connectivity index (χ2v) is 4.18. The molecule has 0 saturated heterocycles. The van der Waals surface area contributed by atoms with Crippen molar-refractivity contribution in [2.45, 2.75) is 12.8 Å². The molecular formula is C15H13N3O. The molecule has 2 aromatic carbocycles. The molecule has 19 heavy (non-hydrogen) atoms. The van der Waals surface area contributed by atoms with Crippen LogP contribution in [0.3, 0.4) is 0 Å². The van der Waals surface area contributed by atoms with E-state index in [1.165, 1.54) is 5.56 Å². The highest BCUT2D eigenvalue weighted by Crippen LogP contribution is 2.10. The molecule has 0 aliphatic heterocycles. The molecule has 0 radical (unpaired) electrons. The van der Waals surface area contributed by atoms with Gasteiger partial charge in [0.05, 0.1) is 0 Å². The van der Waals surface area contributed by atoms with Crippen molar-refractivity contribution in [1.29, 1.82) is 0 Å². The molecule has 0 heterocycles. The Balaban J connectivity index is 1.99. The molecule has 0 aromatic heterocycles. The number of carbonyl (C=O) groups excluding carboxylic acids is 1. The lowest BCUT2D eigenvalue weighted by atomic mass is 10.0. The molecule has 0 unspecified atom stereocenters. The smallest absolute Gasteiger partial charge is 0.249 e. The van der Waals surface area contributed by atoms with Gasteiger partial charge in [0.2, 0.25) is 5.91 Å². The quantitative estimate of drug-likeness (QED) is 0.461. The summed E-state index contributed by atoms with van der Waals surface area (Å²) < 4.78 is 0. The highest BCUT2D eigenvalue weighted by Gasteiger charge is 2.02. The van der Waals surface area contributed by atoms with E-state index < -0.39 is 5.91 Å². The number of rotatable bonds is 4. The van der Waals surface area contributed by atoms with Crippen LogP contribution in [0.2, 0.25) is 0 Å². The minimum atomic E-state index is -0.544. The van der Waals surface area contributed by atoms with Gasteiger partial charge in [-0.15, -0.1) is 0 Å². The Morgan fingerprint density at radius 2 is 1.53 bits per heavy atom. The standard InChI is InChI=1S/C15H13N3O/c16-18-17-15(19)14-10-8-13(9-11-14)7-6-12-4-2-1-3-5-12/h1-5,8-11H,6-7H2. The van der Waals surface area contributed by atoms with E-state index in [1.54, 1.807) is 12.1 Å². The first-order valence-corrected chi connectivity index (χ1v) is 6.02. The molecule has 4 nitrogen and oxygen atoms in total. The van der Waals surface area contributed by atoms with Crippen LogP contribution >= 0.6 is 0 Å². The molecule has 0 aliphatic carbocycles. The maximum absolute atomic E-state index is 11.3. The van der Waals surface area contributed by atoms with E-state index in [0.29, 0.717) is 5.56 Å². The van der Waals surface area contributed by atoms with E-state index in [4.69, 9.17) is 5.53 Å². The third-order valence-electron chi connectivity index (χ3n) is 2.88. The Morgan fingerprint density at radius 1 is 0.947 bits per heavy atom. The summed E-state index contributed by atoms with van der Waals surface area (Å²) in [5, 5.41) is 3.06. The molecule has 0 atom stereocenters. The SMILES string of the molecule is [N-]=[N+]=NC(=O)c1ccc(CCc2ccccc2)cc1. The van der Waals surface area contributed by atoms with Crippen LogP contribution in [-0.2, 0) is 12.8 Å². The van der Waals surface area contributed by atoms with E-state index in [9.17, 15) is 4.79 Å². The number of hydrogen-bond donors (Lipinski definition) is 0. The van der Waals surface area contributed by atoms with Crippen LogP contribution in [0.1, 0.15) is 21.5 Å². The van der Waals surface area contributed by atoms with E-state index >= 15 is 0 Å². The molecule has 0 N–H and O–H groups in total. The topological polar surface area (TPSA) is 65.8 Å². The number of azide groups is 1. The lowest BCUT2D eigenvalue weighted by Crippen LogP contribution is -1.95. The first kappa shape index (κ1) is 12.9. The number of nitrogens with zero attached hydrogens (tertiary/aromatic N) is 3.